The SMILES string of the molecule is COCCN(Cc1ccccc1)C(=O)CN1C(=O)NC(C)(C)C1=O. The number of ether oxygens (including phenoxy) is 1. The van der Waals surface area contributed by atoms with Crippen molar-refractivity contribution in [2.45, 2.75) is 25.9 Å². The Hall–Kier alpha value is -2.41. The zero-order valence-electron chi connectivity index (χ0n) is 14.2. The molecule has 1 fully saturated rings. The summed E-state index contributed by atoms with van der Waals surface area (Å²) in [5.41, 5.74) is -0.00628. The van der Waals surface area contributed by atoms with Crippen molar-refractivity contribution in [3.8, 4) is 0 Å². The molecule has 1 aliphatic heterocycles. The quantitative estimate of drug-likeness (QED) is 0.755. The van der Waals surface area contributed by atoms with Gasteiger partial charge in [0.2, 0.25) is 5.91 Å². The summed E-state index contributed by atoms with van der Waals surface area (Å²) < 4.78 is 5.05. The first kappa shape index (κ1) is 17.9. The summed E-state index contributed by atoms with van der Waals surface area (Å²) in [4.78, 5) is 39.3. The predicted molar refractivity (Wildman–Crippen MR) is 88.1 cm³/mol. The molecule has 0 aromatic heterocycles. The summed E-state index contributed by atoms with van der Waals surface area (Å²) in [5.74, 6) is -0.690. The van der Waals surface area contributed by atoms with Gasteiger partial charge in [-0.2, -0.15) is 0 Å². The van der Waals surface area contributed by atoms with Crippen LogP contribution in [-0.2, 0) is 20.9 Å². The molecule has 7 heteroatoms. The summed E-state index contributed by atoms with van der Waals surface area (Å²) in [5, 5.41) is 2.57. The number of carbonyl (C=O) groups excluding carboxylic acids is 3. The smallest absolute Gasteiger partial charge is 0.325 e. The molecule has 0 bridgehead atoms. The van der Waals surface area contributed by atoms with Gasteiger partial charge in [-0.05, 0) is 19.4 Å². The zero-order chi connectivity index (χ0) is 17.7. The average Bonchev–Trinajstić information content (AvgIpc) is 2.74. The van der Waals surface area contributed by atoms with Crippen molar-refractivity contribution in [1.29, 1.82) is 0 Å². The molecule has 0 atom stereocenters. The number of methoxy groups -OCH3 is 1. The molecule has 7 nitrogen and oxygen atoms in total. The average molecular weight is 333 g/mol. The maximum Gasteiger partial charge on any atom is 0.325 e. The molecular weight excluding hydrogens is 310 g/mol. The van der Waals surface area contributed by atoms with Gasteiger partial charge in [-0.1, -0.05) is 30.3 Å². The molecule has 0 spiro atoms. The van der Waals surface area contributed by atoms with E-state index in [1.807, 2.05) is 30.3 Å². The van der Waals surface area contributed by atoms with Crippen LogP contribution >= 0.6 is 0 Å². The van der Waals surface area contributed by atoms with Crippen LogP contribution in [0.3, 0.4) is 0 Å². The first-order chi connectivity index (χ1) is 11.3. The van der Waals surface area contributed by atoms with Gasteiger partial charge in [0.25, 0.3) is 5.91 Å². The van der Waals surface area contributed by atoms with Gasteiger partial charge in [-0.3, -0.25) is 14.5 Å². The van der Waals surface area contributed by atoms with Gasteiger partial charge in [0.1, 0.15) is 12.1 Å². The maximum absolute atomic E-state index is 12.6. The zero-order valence-corrected chi connectivity index (χ0v) is 14.2. The van der Waals surface area contributed by atoms with E-state index >= 15 is 0 Å². The summed E-state index contributed by atoms with van der Waals surface area (Å²) in [7, 11) is 1.56. The van der Waals surface area contributed by atoms with E-state index in [9.17, 15) is 14.4 Å². The fourth-order valence-corrected chi connectivity index (χ4v) is 2.49. The predicted octanol–water partition coefficient (Wildman–Crippen LogP) is 0.992. The second-order valence-electron chi connectivity index (χ2n) is 6.24. The molecule has 1 aromatic rings. The lowest BCUT2D eigenvalue weighted by Gasteiger charge is -2.24. The summed E-state index contributed by atoms with van der Waals surface area (Å²) in [6.45, 7) is 4.12. The van der Waals surface area contributed by atoms with Crippen molar-refractivity contribution >= 4 is 17.8 Å². The Morgan fingerprint density at radius 2 is 1.92 bits per heavy atom. The lowest BCUT2D eigenvalue weighted by molar-refractivity contribution is -0.139. The van der Waals surface area contributed by atoms with E-state index in [1.165, 1.54) is 0 Å². The van der Waals surface area contributed by atoms with Crippen LogP contribution in [0.15, 0.2) is 30.3 Å². The number of nitrogens with one attached hydrogen (secondary N) is 1. The first-order valence-electron chi connectivity index (χ1n) is 7.80. The molecule has 0 unspecified atom stereocenters. The number of urea groups is 1. The van der Waals surface area contributed by atoms with Gasteiger partial charge in [-0.25, -0.2) is 4.79 Å². The Bertz CT molecular complexity index is 616. The number of hydrogen-bond donors (Lipinski definition) is 1. The molecule has 1 aliphatic rings. The van der Waals surface area contributed by atoms with Crippen LogP contribution in [0.2, 0.25) is 0 Å². The number of carbonyl (C=O) groups is 3. The number of imide groups is 1. The fourth-order valence-electron chi connectivity index (χ4n) is 2.49. The second kappa shape index (κ2) is 7.44. The third-order valence-corrected chi connectivity index (χ3v) is 3.87. The number of amides is 4. The van der Waals surface area contributed by atoms with Gasteiger partial charge in [0, 0.05) is 20.2 Å². The highest BCUT2D eigenvalue weighted by Crippen LogP contribution is 2.17. The first-order valence-corrected chi connectivity index (χ1v) is 7.80. The highest BCUT2D eigenvalue weighted by atomic mass is 16.5. The Morgan fingerprint density at radius 1 is 1.25 bits per heavy atom. The van der Waals surface area contributed by atoms with Crippen molar-refractivity contribution in [2.24, 2.45) is 0 Å². The highest BCUT2D eigenvalue weighted by Gasteiger charge is 2.45. The van der Waals surface area contributed by atoms with E-state index in [0.717, 1.165) is 10.5 Å². The molecule has 24 heavy (non-hydrogen) atoms. The van der Waals surface area contributed by atoms with Crippen LogP contribution in [0.25, 0.3) is 0 Å². The van der Waals surface area contributed by atoms with Crippen LogP contribution in [-0.4, -0.2) is 60.0 Å². The number of benzene rings is 1. The molecule has 0 radical (unpaired) electrons. The molecule has 1 saturated heterocycles. The third kappa shape index (κ3) is 4.11. The fraction of sp³-hybridized carbons (Fsp3) is 0.471. The van der Waals surface area contributed by atoms with E-state index in [2.05, 4.69) is 5.32 Å². The maximum atomic E-state index is 12.6. The molecular formula is C17H23N3O4. The molecule has 1 aromatic carbocycles. The number of rotatable bonds is 7. The molecule has 130 valence electrons. The van der Waals surface area contributed by atoms with E-state index in [-0.39, 0.29) is 12.5 Å². The van der Waals surface area contributed by atoms with Crippen molar-refractivity contribution in [3.63, 3.8) is 0 Å². The minimum absolute atomic E-state index is 0.273. The highest BCUT2D eigenvalue weighted by molar-refractivity contribution is 6.08. The molecule has 4 amide bonds. The van der Waals surface area contributed by atoms with Crippen LogP contribution in [0.4, 0.5) is 4.79 Å². The number of hydrogen-bond acceptors (Lipinski definition) is 4. The monoisotopic (exact) mass is 333 g/mol. The summed E-state index contributed by atoms with van der Waals surface area (Å²) in [6, 6.07) is 9.00. The second-order valence-corrected chi connectivity index (χ2v) is 6.24. The van der Waals surface area contributed by atoms with E-state index in [1.54, 1.807) is 25.9 Å². The Morgan fingerprint density at radius 3 is 2.46 bits per heavy atom. The van der Waals surface area contributed by atoms with E-state index in [0.29, 0.717) is 19.7 Å². The largest absolute Gasteiger partial charge is 0.383 e. The van der Waals surface area contributed by atoms with Crippen molar-refractivity contribution in [2.75, 3.05) is 26.8 Å². The minimum atomic E-state index is -0.978. The van der Waals surface area contributed by atoms with Crippen molar-refractivity contribution < 1.29 is 19.1 Å². The topological polar surface area (TPSA) is 79.0 Å². The number of nitrogens with zero attached hydrogens (tertiary/aromatic N) is 2. The normalized spacial score (nSPS) is 16.2. The van der Waals surface area contributed by atoms with Crippen LogP contribution in [0, 0.1) is 0 Å². The lowest BCUT2D eigenvalue weighted by atomic mass is 10.1. The molecule has 1 heterocycles. The van der Waals surface area contributed by atoms with Gasteiger partial charge in [-0.15, -0.1) is 0 Å². The van der Waals surface area contributed by atoms with Crippen LogP contribution in [0.5, 0.6) is 0 Å². The third-order valence-electron chi connectivity index (χ3n) is 3.87. The standard InChI is InChI=1S/C17H23N3O4/c1-17(2)15(22)20(16(23)18-17)12-14(21)19(9-10-24-3)11-13-7-5-4-6-8-13/h4-8H,9-12H2,1-3H3,(H,18,23). The Kier molecular flexibility index (Phi) is 5.56. The van der Waals surface area contributed by atoms with E-state index in [4.69, 9.17) is 4.74 Å². The van der Waals surface area contributed by atoms with Crippen LogP contribution in [0.1, 0.15) is 19.4 Å². The molecule has 0 aliphatic carbocycles. The van der Waals surface area contributed by atoms with Gasteiger partial charge in [0.15, 0.2) is 0 Å². The van der Waals surface area contributed by atoms with E-state index < -0.39 is 17.5 Å². The van der Waals surface area contributed by atoms with Crippen molar-refractivity contribution in [3.05, 3.63) is 35.9 Å². The Labute approximate surface area is 141 Å². The summed E-state index contributed by atoms with van der Waals surface area (Å²) >= 11 is 0. The van der Waals surface area contributed by atoms with Gasteiger partial charge in [0.05, 0.1) is 6.61 Å². The van der Waals surface area contributed by atoms with Crippen molar-refractivity contribution in [1.82, 2.24) is 15.1 Å². The molecule has 2 rings (SSSR count). The van der Waals surface area contributed by atoms with Crippen LogP contribution < -0.4 is 5.32 Å². The molecule has 0 saturated carbocycles. The van der Waals surface area contributed by atoms with Gasteiger partial charge >= 0.3 is 6.03 Å². The summed E-state index contributed by atoms with van der Waals surface area (Å²) in [6.07, 6.45) is 0. The van der Waals surface area contributed by atoms with Gasteiger partial charge < -0.3 is 15.0 Å². The molecule has 1 N–H and O–H groups in total. The Balaban J connectivity index is 2.07. The lowest BCUT2D eigenvalue weighted by Crippen LogP contribution is -2.45. The minimum Gasteiger partial charge on any atom is -0.383 e.